The minimum atomic E-state index is -0.247. The molecule has 1 radical (unpaired) electrons. The first-order chi connectivity index (χ1) is 5.27. The van der Waals surface area contributed by atoms with Crippen molar-refractivity contribution < 1.29 is 0 Å². The normalized spacial score (nSPS) is 16.2. The van der Waals surface area contributed by atoms with E-state index >= 15 is 0 Å². The molecule has 11 heavy (non-hydrogen) atoms. The summed E-state index contributed by atoms with van der Waals surface area (Å²) >= 11 is 0. The van der Waals surface area contributed by atoms with Crippen molar-refractivity contribution in [3.63, 3.8) is 0 Å². The fraction of sp³-hybridized carbons (Fsp3) is 0.333. The van der Waals surface area contributed by atoms with Gasteiger partial charge in [-0.15, -0.1) is 0 Å². The Balaban J connectivity index is 2.52. The van der Waals surface area contributed by atoms with Gasteiger partial charge in [0.25, 0.3) is 0 Å². The Morgan fingerprint density at radius 2 is 2.27 bits per heavy atom. The number of hydrogen-bond donors (Lipinski definition) is 1. The molecule has 2 rings (SSSR count). The molecule has 0 aromatic heterocycles. The Kier molecular flexibility index (Phi) is 1.49. The highest BCUT2D eigenvalue weighted by molar-refractivity contribution is 6.75. The highest BCUT2D eigenvalue weighted by atomic mass is 28.3. The molecule has 57 valence electrons. The summed E-state index contributed by atoms with van der Waals surface area (Å²) in [6.45, 7) is 4.52. The zero-order valence-corrected chi connectivity index (χ0v) is 7.94. The number of hydrogen-bond acceptors (Lipinski definition) is 1. The molecule has 0 atom stereocenters. The molecular weight excluding hydrogens is 150 g/mol. The van der Waals surface area contributed by atoms with Gasteiger partial charge in [0, 0.05) is 11.9 Å². The van der Waals surface area contributed by atoms with Crippen LogP contribution in [0.4, 0.5) is 5.69 Å². The van der Waals surface area contributed by atoms with Gasteiger partial charge in [0.15, 0.2) is 0 Å². The summed E-state index contributed by atoms with van der Waals surface area (Å²) in [7, 11) is -0.247. The molecule has 1 aliphatic rings. The molecule has 0 saturated carbocycles. The molecule has 1 aromatic rings. The molecule has 0 saturated heterocycles. The van der Waals surface area contributed by atoms with Crippen molar-refractivity contribution in [2.24, 2.45) is 0 Å². The summed E-state index contributed by atoms with van der Waals surface area (Å²) in [6, 6.07) is 6.70. The summed E-state index contributed by atoms with van der Waals surface area (Å²) in [5.41, 5.74) is 2.75. The summed E-state index contributed by atoms with van der Waals surface area (Å²) in [6.07, 6.45) is 1.20. The standard InChI is InChI=1S/C9H12NSi/c1-7-3-4-8-9(5-7)11(2)6-10-8/h3-5,10H,6H2,1-2H3. The number of fused-ring (bicyclic) bond motifs is 1. The molecule has 1 N–H and O–H groups in total. The van der Waals surface area contributed by atoms with Crippen LogP contribution in [0, 0.1) is 6.92 Å². The van der Waals surface area contributed by atoms with Gasteiger partial charge in [-0.1, -0.05) is 24.2 Å². The van der Waals surface area contributed by atoms with Gasteiger partial charge in [-0.25, -0.2) is 0 Å². The van der Waals surface area contributed by atoms with Crippen molar-refractivity contribution in [1.82, 2.24) is 0 Å². The summed E-state index contributed by atoms with van der Waals surface area (Å²) < 4.78 is 0. The average Bonchev–Trinajstić information content (AvgIpc) is 2.33. The van der Waals surface area contributed by atoms with E-state index in [0.29, 0.717) is 0 Å². The minimum Gasteiger partial charge on any atom is -0.388 e. The Labute approximate surface area is 69.0 Å². The van der Waals surface area contributed by atoms with Crippen LogP contribution in [0.25, 0.3) is 0 Å². The third-order valence-corrected chi connectivity index (χ3v) is 4.22. The predicted octanol–water partition coefficient (Wildman–Crippen LogP) is 1.29. The predicted molar refractivity (Wildman–Crippen MR) is 50.9 cm³/mol. The van der Waals surface area contributed by atoms with Gasteiger partial charge < -0.3 is 5.32 Å². The smallest absolute Gasteiger partial charge is 0.107 e. The van der Waals surface area contributed by atoms with Gasteiger partial charge in [-0.3, -0.25) is 0 Å². The van der Waals surface area contributed by atoms with E-state index in [9.17, 15) is 0 Å². The molecule has 1 heterocycles. The number of rotatable bonds is 0. The van der Waals surface area contributed by atoms with Crippen molar-refractivity contribution >= 4 is 19.7 Å². The van der Waals surface area contributed by atoms with E-state index in [1.54, 1.807) is 5.19 Å². The van der Waals surface area contributed by atoms with Crippen LogP contribution in [0.5, 0.6) is 0 Å². The first-order valence-corrected chi connectivity index (χ1v) is 6.15. The molecular formula is C9H12NSi. The molecule has 1 nitrogen and oxygen atoms in total. The molecule has 1 aromatic carbocycles. The van der Waals surface area contributed by atoms with Crippen LogP contribution in [0.3, 0.4) is 0 Å². The molecule has 0 amide bonds. The van der Waals surface area contributed by atoms with Crippen molar-refractivity contribution in [3.8, 4) is 0 Å². The van der Waals surface area contributed by atoms with Crippen molar-refractivity contribution in [1.29, 1.82) is 0 Å². The van der Waals surface area contributed by atoms with E-state index in [-0.39, 0.29) is 8.80 Å². The zero-order chi connectivity index (χ0) is 7.84. The van der Waals surface area contributed by atoms with E-state index in [1.807, 2.05) is 0 Å². The van der Waals surface area contributed by atoms with Crippen molar-refractivity contribution in [3.05, 3.63) is 23.8 Å². The van der Waals surface area contributed by atoms with Crippen LogP contribution < -0.4 is 10.5 Å². The van der Waals surface area contributed by atoms with Crippen LogP contribution in [0.15, 0.2) is 18.2 Å². The van der Waals surface area contributed by atoms with Crippen LogP contribution in [-0.4, -0.2) is 15.0 Å². The Morgan fingerprint density at radius 3 is 3.09 bits per heavy atom. The van der Waals surface area contributed by atoms with Crippen LogP contribution in [0.1, 0.15) is 5.56 Å². The van der Waals surface area contributed by atoms with Gasteiger partial charge in [-0.2, -0.15) is 0 Å². The average molecular weight is 162 g/mol. The molecule has 0 bridgehead atoms. The van der Waals surface area contributed by atoms with Crippen molar-refractivity contribution in [2.45, 2.75) is 13.5 Å². The third-order valence-electron chi connectivity index (χ3n) is 2.18. The van der Waals surface area contributed by atoms with Crippen LogP contribution in [-0.2, 0) is 0 Å². The van der Waals surface area contributed by atoms with E-state index in [1.165, 1.54) is 17.4 Å². The molecule has 2 heteroatoms. The number of aryl methyl sites for hydroxylation is 1. The SMILES string of the molecule is Cc1ccc2c(c1)[Si](C)CN2. The second-order valence-electron chi connectivity index (χ2n) is 3.18. The monoisotopic (exact) mass is 162 g/mol. The van der Waals surface area contributed by atoms with Gasteiger partial charge in [0.05, 0.1) is 0 Å². The molecule has 0 spiro atoms. The lowest BCUT2D eigenvalue weighted by atomic mass is 10.2. The summed E-state index contributed by atoms with van der Waals surface area (Å²) in [5, 5.41) is 5.00. The highest BCUT2D eigenvalue weighted by Crippen LogP contribution is 2.12. The van der Waals surface area contributed by atoms with E-state index < -0.39 is 0 Å². The van der Waals surface area contributed by atoms with Crippen LogP contribution in [0.2, 0.25) is 6.55 Å². The maximum atomic E-state index is 3.42. The second-order valence-corrected chi connectivity index (χ2v) is 5.64. The number of nitrogens with one attached hydrogen (secondary N) is 1. The van der Waals surface area contributed by atoms with Gasteiger partial charge >= 0.3 is 0 Å². The van der Waals surface area contributed by atoms with Crippen molar-refractivity contribution in [2.75, 3.05) is 11.5 Å². The summed E-state index contributed by atoms with van der Waals surface area (Å²) in [5.74, 6) is 0. The Bertz CT molecular complexity index is 283. The van der Waals surface area contributed by atoms with E-state index in [4.69, 9.17) is 0 Å². The number of benzene rings is 1. The highest BCUT2D eigenvalue weighted by Gasteiger charge is 2.18. The summed E-state index contributed by atoms with van der Waals surface area (Å²) in [4.78, 5) is 0. The first kappa shape index (κ1) is 6.92. The lowest BCUT2D eigenvalue weighted by Crippen LogP contribution is -2.24. The van der Waals surface area contributed by atoms with Gasteiger partial charge in [0.1, 0.15) is 8.80 Å². The van der Waals surface area contributed by atoms with Crippen LogP contribution >= 0.6 is 0 Å². The molecule has 0 aliphatic carbocycles. The van der Waals surface area contributed by atoms with E-state index in [0.717, 1.165) is 0 Å². The molecule has 0 fully saturated rings. The maximum Gasteiger partial charge on any atom is 0.107 e. The van der Waals surface area contributed by atoms with Gasteiger partial charge in [-0.05, 0) is 18.2 Å². The zero-order valence-electron chi connectivity index (χ0n) is 6.94. The lowest BCUT2D eigenvalue weighted by Gasteiger charge is -2.01. The second kappa shape index (κ2) is 2.38. The van der Waals surface area contributed by atoms with Gasteiger partial charge in [0.2, 0.25) is 0 Å². The molecule has 1 aliphatic heterocycles. The third kappa shape index (κ3) is 1.07. The fourth-order valence-corrected chi connectivity index (χ4v) is 3.24. The minimum absolute atomic E-state index is 0.247. The Morgan fingerprint density at radius 1 is 1.45 bits per heavy atom. The number of anilines is 1. The largest absolute Gasteiger partial charge is 0.388 e. The quantitative estimate of drug-likeness (QED) is 0.567. The van der Waals surface area contributed by atoms with E-state index in [2.05, 4.69) is 37.0 Å². The topological polar surface area (TPSA) is 12.0 Å². The lowest BCUT2D eigenvalue weighted by molar-refractivity contribution is 1.46. The maximum absolute atomic E-state index is 3.42. The molecule has 0 unspecified atom stereocenters. The fourth-order valence-electron chi connectivity index (χ4n) is 1.49. The Hall–Kier alpha value is -0.763. The first-order valence-electron chi connectivity index (χ1n) is 3.95.